The van der Waals surface area contributed by atoms with E-state index in [2.05, 4.69) is 20.3 Å². The highest BCUT2D eigenvalue weighted by atomic mass is 35.5. The van der Waals surface area contributed by atoms with Gasteiger partial charge in [-0.1, -0.05) is 11.6 Å². The van der Waals surface area contributed by atoms with Crippen molar-refractivity contribution in [3.8, 4) is 11.4 Å². The molecule has 2 aromatic heterocycles. The van der Waals surface area contributed by atoms with Crippen LogP contribution in [0.3, 0.4) is 0 Å². The Morgan fingerprint density at radius 1 is 1.20 bits per heavy atom. The van der Waals surface area contributed by atoms with E-state index in [0.29, 0.717) is 30.2 Å². The van der Waals surface area contributed by atoms with Gasteiger partial charge in [-0.15, -0.1) is 0 Å². The Morgan fingerprint density at radius 2 is 2.04 bits per heavy atom. The van der Waals surface area contributed by atoms with Crippen molar-refractivity contribution in [2.24, 2.45) is 0 Å². The van der Waals surface area contributed by atoms with E-state index in [0.717, 1.165) is 11.3 Å². The maximum atomic E-state index is 13.7. The fourth-order valence-corrected chi connectivity index (χ4v) is 2.52. The van der Waals surface area contributed by atoms with Crippen LogP contribution in [0.15, 0.2) is 47.4 Å². The summed E-state index contributed by atoms with van der Waals surface area (Å²) in [7, 11) is 0. The van der Waals surface area contributed by atoms with Crippen molar-refractivity contribution in [1.29, 1.82) is 0 Å². The molecule has 128 valence electrons. The normalized spacial score (nSPS) is 10.7. The SMILES string of the molecule is Cc1cc(NCCc2cc[nH]c(=O)c2)nc(-c2ccc(Cl)c(F)c2)n1. The molecule has 0 unspecified atom stereocenters. The molecule has 0 saturated carbocycles. The third-order valence-corrected chi connectivity index (χ3v) is 3.90. The van der Waals surface area contributed by atoms with E-state index in [1.807, 2.05) is 19.1 Å². The summed E-state index contributed by atoms with van der Waals surface area (Å²) in [4.78, 5) is 22.6. The van der Waals surface area contributed by atoms with Crippen molar-refractivity contribution >= 4 is 17.4 Å². The van der Waals surface area contributed by atoms with Crippen LogP contribution >= 0.6 is 11.6 Å². The molecule has 0 aliphatic heterocycles. The molecular formula is C18H16ClFN4O. The van der Waals surface area contributed by atoms with Crippen LogP contribution in [0.1, 0.15) is 11.3 Å². The van der Waals surface area contributed by atoms with Crippen molar-refractivity contribution in [3.63, 3.8) is 0 Å². The van der Waals surface area contributed by atoms with Crippen LogP contribution in [0.25, 0.3) is 11.4 Å². The lowest BCUT2D eigenvalue weighted by molar-refractivity contribution is 0.628. The van der Waals surface area contributed by atoms with Gasteiger partial charge in [-0.05, 0) is 43.2 Å². The maximum absolute atomic E-state index is 13.7. The van der Waals surface area contributed by atoms with Gasteiger partial charge < -0.3 is 10.3 Å². The highest BCUT2D eigenvalue weighted by molar-refractivity contribution is 6.30. The van der Waals surface area contributed by atoms with Gasteiger partial charge in [0, 0.05) is 36.1 Å². The smallest absolute Gasteiger partial charge is 0.248 e. The number of rotatable bonds is 5. The molecular weight excluding hydrogens is 343 g/mol. The number of pyridine rings is 1. The number of hydrogen-bond acceptors (Lipinski definition) is 4. The highest BCUT2D eigenvalue weighted by Gasteiger charge is 2.08. The number of nitrogens with zero attached hydrogens (tertiary/aromatic N) is 2. The standard InChI is InChI=1S/C18H16ClFN4O/c1-11-8-16(21-6-4-12-5-7-22-17(25)9-12)24-18(23-11)13-2-3-14(19)15(20)10-13/h2-3,5,7-10H,4,6H2,1H3,(H,22,25)(H,21,23,24). The van der Waals surface area contributed by atoms with E-state index >= 15 is 0 Å². The number of benzene rings is 1. The van der Waals surface area contributed by atoms with Gasteiger partial charge in [-0.3, -0.25) is 4.79 Å². The van der Waals surface area contributed by atoms with E-state index < -0.39 is 5.82 Å². The van der Waals surface area contributed by atoms with Crippen molar-refractivity contribution < 1.29 is 4.39 Å². The summed E-state index contributed by atoms with van der Waals surface area (Å²) in [5, 5.41) is 3.27. The molecule has 0 amide bonds. The lowest BCUT2D eigenvalue weighted by atomic mass is 10.2. The van der Waals surface area contributed by atoms with E-state index in [-0.39, 0.29) is 10.6 Å². The monoisotopic (exact) mass is 358 g/mol. The van der Waals surface area contributed by atoms with Crippen LogP contribution in [0.5, 0.6) is 0 Å². The summed E-state index contributed by atoms with van der Waals surface area (Å²) in [5.74, 6) is 0.560. The first-order valence-corrected chi connectivity index (χ1v) is 8.12. The molecule has 0 spiro atoms. The number of aromatic amines is 1. The molecule has 3 aromatic rings. The topological polar surface area (TPSA) is 70.7 Å². The van der Waals surface area contributed by atoms with E-state index in [4.69, 9.17) is 11.6 Å². The Balaban J connectivity index is 1.75. The van der Waals surface area contributed by atoms with Gasteiger partial charge in [-0.25, -0.2) is 14.4 Å². The van der Waals surface area contributed by atoms with Gasteiger partial charge in [-0.2, -0.15) is 0 Å². The Bertz CT molecular complexity index is 958. The van der Waals surface area contributed by atoms with Gasteiger partial charge in [0.2, 0.25) is 5.56 Å². The molecule has 0 aliphatic rings. The fourth-order valence-electron chi connectivity index (χ4n) is 2.40. The number of hydrogen-bond donors (Lipinski definition) is 2. The number of H-pyrrole nitrogens is 1. The van der Waals surface area contributed by atoms with Crippen LogP contribution in [-0.4, -0.2) is 21.5 Å². The van der Waals surface area contributed by atoms with Crippen LogP contribution < -0.4 is 10.9 Å². The molecule has 7 heteroatoms. The summed E-state index contributed by atoms with van der Waals surface area (Å²) in [6.45, 7) is 2.45. The van der Waals surface area contributed by atoms with Crippen molar-refractivity contribution in [1.82, 2.24) is 15.0 Å². The van der Waals surface area contributed by atoms with Gasteiger partial charge in [0.25, 0.3) is 0 Å². The summed E-state index contributed by atoms with van der Waals surface area (Å²) in [6, 6.07) is 9.72. The lowest BCUT2D eigenvalue weighted by Crippen LogP contribution is -2.10. The summed E-state index contributed by atoms with van der Waals surface area (Å²) in [6.07, 6.45) is 2.30. The van der Waals surface area contributed by atoms with Crippen LogP contribution in [0.2, 0.25) is 5.02 Å². The van der Waals surface area contributed by atoms with Gasteiger partial charge in [0.05, 0.1) is 5.02 Å². The van der Waals surface area contributed by atoms with E-state index in [1.54, 1.807) is 18.3 Å². The predicted molar refractivity (Wildman–Crippen MR) is 96.4 cm³/mol. The minimum Gasteiger partial charge on any atom is -0.370 e. The molecule has 0 aliphatic carbocycles. The number of anilines is 1. The number of nitrogens with one attached hydrogen (secondary N) is 2. The predicted octanol–water partition coefficient (Wildman–Crippen LogP) is 3.59. The largest absolute Gasteiger partial charge is 0.370 e. The average molecular weight is 359 g/mol. The van der Waals surface area contributed by atoms with Crippen LogP contribution in [0.4, 0.5) is 10.2 Å². The second-order valence-electron chi connectivity index (χ2n) is 5.59. The molecule has 0 bridgehead atoms. The molecule has 0 atom stereocenters. The number of halogens is 2. The van der Waals surface area contributed by atoms with Crippen LogP contribution in [0, 0.1) is 12.7 Å². The van der Waals surface area contributed by atoms with Gasteiger partial charge in [0.15, 0.2) is 5.82 Å². The molecule has 0 radical (unpaired) electrons. The third-order valence-electron chi connectivity index (χ3n) is 3.59. The van der Waals surface area contributed by atoms with Gasteiger partial charge >= 0.3 is 0 Å². The summed E-state index contributed by atoms with van der Waals surface area (Å²) >= 11 is 5.72. The molecule has 1 aromatic carbocycles. The molecule has 2 N–H and O–H groups in total. The zero-order valence-corrected chi connectivity index (χ0v) is 14.3. The number of aromatic nitrogens is 3. The second-order valence-corrected chi connectivity index (χ2v) is 5.99. The van der Waals surface area contributed by atoms with Crippen molar-refractivity contribution in [2.45, 2.75) is 13.3 Å². The van der Waals surface area contributed by atoms with Crippen LogP contribution in [-0.2, 0) is 6.42 Å². The first-order chi connectivity index (χ1) is 12.0. The highest BCUT2D eigenvalue weighted by Crippen LogP contribution is 2.23. The Labute approximate surface area is 148 Å². The van der Waals surface area contributed by atoms with Crippen molar-refractivity contribution in [2.75, 3.05) is 11.9 Å². The molecule has 5 nitrogen and oxygen atoms in total. The quantitative estimate of drug-likeness (QED) is 0.731. The Morgan fingerprint density at radius 3 is 2.80 bits per heavy atom. The second kappa shape index (κ2) is 7.44. The summed E-state index contributed by atoms with van der Waals surface area (Å²) < 4.78 is 13.7. The molecule has 0 saturated heterocycles. The molecule has 0 fully saturated rings. The lowest BCUT2D eigenvalue weighted by Gasteiger charge is -2.09. The first-order valence-electron chi connectivity index (χ1n) is 7.74. The maximum Gasteiger partial charge on any atom is 0.248 e. The third kappa shape index (κ3) is 4.42. The van der Waals surface area contributed by atoms with Crippen molar-refractivity contribution in [3.05, 3.63) is 75.0 Å². The zero-order chi connectivity index (χ0) is 17.8. The molecule has 25 heavy (non-hydrogen) atoms. The number of aryl methyl sites for hydroxylation is 1. The Hall–Kier alpha value is -2.73. The molecule has 3 rings (SSSR count). The Kier molecular flexibility index (Phi) is 5.09. The fraction of sp³-hybridized carbons (Fsp3) is 0.167. The molecule has 2 heterocycles. The van der Waals surface area contributed by atoms with Gasteiger partial charge in [0.1, 0.15) is 11.6 Å². The van der Waals surface area contributed by atoms with E-state index in [9.17, 15) is 9.18 Å². The zero-order valence-electron chi connectivity index (χ0n) is 13.5. The van der Waals surface area contributed by atoms with E-state index in [1.165, 1.54) is 12.1 Å². The summed E-state index contributed by atoms with van der Waals surface area (Å²) in [5.41, 5.74) is 2.13. The first kappa shape index (κ1) is 17.1. The minimum absolute atomic E-state index is 0.0626. The minimum atomic E-state index is -0.506. The average Bonchev–Trinajstić information content (AvgIpc) is 2.57.